The first-order valence-electron chi connectivity index (χ1n) is 5.78. The van der Waals surface area contributed by atoms with Crippen LogP contribution in [0.1, 0.15) is 16.8 Å². The van der Waals surface area contributed by atoms with Crippen molar-refractivity contribution in [1.82, 2.24) is 4.90 Å². The summed E-state index contributed by atoms with van der Waals surface area (Å²) in [7, 11) is 4.22. The SMILES string of the molecule is CN(C)[C@H]1CCN(c2ccc(Br)cc2C=O)C1. The lowest BCUT2D eigenvalue weighted by Crippen LogP contribution is -2.31. The Hall–Kier alpha value is -0.870. The molecule has 0 unspecified atom stereocenters. The molecule has 0 saturated carbocycles. The van der Waals surface area contributed by atoms with E-state index in [9.17, 15) is 4.79 Å². The van der Waals surface area contributed by atoms with Gasteiger partial charge in [0.05, 0.1) is 0 Å². The highest BCUT2D eigenvalue weighted by molar-refractivity contribution is 9.10. The molecule has 1 aromatic carbocycles. The summed E-state index contributed by atoms with van der Waals surface area (Å²) in [5.41, 5.74) is 1.81. The molecule has 1 aromatic rings. The Morgan fingerprint density at radius 3 is 2.82 bits per heavy atom. The Bertz CT molecular complexity index is 420. The van der Waals surface area contributed by atoms with Gasteiger partial charge in [-0.15, -0.1) is 0 Å². The second kappa shape index (κ2) is 5.19. The third-order valence-corrected chi connectivity index (χ3v) is 3.84. The molecule has 0 spiro atoms. The molecule has 3 nitrogen and oxygen atoms in total. The first kappa shape index (κ1) is 12.6. The molecule has 92 valence electrons. The molecule has 0 amide bonds. The van der Waals surface area contributed by atoms with E-state index >= 15 is 0 Å². The predicted octanol–water partition coefficient (Wildman–Crippen LogP) is 2.40. The highest BCUT2D eigenvalue weighted by Crippen LogP contribution is 2.27. The van der Waals surface area contributed by atoms with Crippen LogP contribution in [0.15, 0.2) is 22.7 Å². The van der Waals surface area contributed by atoms with Gasteiger partial charge in [0.2, 0.25) is 0 Å². The van der Waals surface area contributed by atoms with E-state index in [1.54, 1.807) is 0 Å². The third kappa shape index (κ3) is 2.69. The first-order chi connectivity index (χ1) is 8.11. The Kier molecular flexibility index (Phi) is 3.84. The first-order valence-corrected chi connectivity index (χ1v) is 6.57. The van der Waals surface area contributed by atoms with Crippen LogP contribution in [-0.4, -0.2) is 44.4 Å². The number of aldehydes is 1. The second-order valence-electron chi connectivity index (χ2n) is 4.67. The number of hydrogen-bond acceptors (Lipinski definition) is 3. The number of carbonyl (C=O) groups is 1. The molecule has 0 N–H and O–H groups in total. The van der Waals surface area contributed by atoms with Crippen molar-refractivity contribution in [2.24, 2.45) is 0 Å². The number of rotatable bonds is 3. The molecule has 1 atom stereocenters. The van der Waals surface area contributed by atoms with Gasteiger partial charge >= 0.3 is 0 Å². The van der Waals surface area contributed by atoms with E-state index in [1.807, 2.05) is 18.2 Å². The fourth-order valence-corrected chi connectivity index (χ4v) is 2.67. The summed E-state index contributed by atoms with van der Waals surface area (Å²) in [5.74, 6) is 0. The van der Waals surface area contributed by atoms with Crippen LogP contribution in [0.5, 0.6) is 0 Å². The van der Waals surface area contributed by atoms with E-state index < -0.39 is 0 Å². The van der Waals surface area contributed by atoms with E-state index in [0.717, 1.165) is 41.5 Å². The quantitative estimate of drug-likeness (QED) is 0.801. The Morgan fingerprint density at radius 2 is 2.24 bits per heavy atom. The van der Waals surface area contributed by atoms with Crippen molar-refractivity contribution in [2.45, 2.75) is 12.5 Å². The Morgan fingerprint density at radius 1 is 1.47 bits per heavy atom. The number of hydrogen-bond donors (Lipinski definition) is 0. The van der Waals surface area contributed by atoms with Gasteiger partial charge in [-0.2, -0.15) is 0 Å². The van der Waals surface area contributed by atoms with Crippen LogP contribution in [0.4, 0.5) is 5.69 Å². The largest absolute Gasteiger partial charge is 0.369 e. The van der Waals surface area contributed by atoms with Gasteiger partial charge < -0.3 is 9.80 Å². The molecule has 0 bridgehead atoms. The summed E-state index contributed by atoms with van der Waals surface area (Å²) in [4.78, 5) is 15.6. The molecule has 1 saturated heterocycles. The lowest BCUT2D eigenvalue weighted by molar-refractivity contribution is 0.112. The summed E-state index contributed by atoms with van der Waals surface area (Å²) >= 11 is 3.40. The maximum atomic E-state index is 11.1. The topological polar surface area (TPSA) is 23.6 Å². The van der Waals surface area contributed by atoms with Gasteiger partial charge in [0.15, 0.2) is 6.29 Å². The molecular weight excluding hydrogens is 280 g/mol. The van der Waals surface area contributed by atoms with Crippen molar-refractivity contribution in [3.63, 3.8) is 0 Å². The fourth-order valence-electron chi connectivity index (χ4n) is 2.29. The summed E-state index contributed by atoms with van der Waals surface area (Å²) in [6, 6.07) is 6.47. The number of halogens is 1. The standard InChI is InChI=1S/C13H17BrN2O/c1-15(2)12-5-6-16(8-12)13-4-3-11(14)7-10(13)9-17/h3-4,7,9,12H,5-6,8H2,1-2H3/t12-/m0/s1. The average Bonchev–Trinajstić information content (AvgIpc) is 2.78. The molecular formula is C13H17BrN2O. The molecule has 1 heterocycles. The van der Waals surface area contributed by atoms with E-state index in [4.69, 9.17) is 0 Å². The van der Waals surface area contributed by atoms with Gasteiger partial charge in [0.25, 0.3) is 0 Å². The van der Waals surface area contributed by atoms with Crippen molar-refractivity contribution >= 4 is 27.9 Å². The van der Waals surface area contributed by atoms with E-state index in [-0.39, 0.29) is 0 Å². The number of anilines is 1. The maximum Gasteiger partial charge on any atom is 0.152 e. The van der Waals surface area contributed by atoms with Gasteiger partial charge in [-0.1, -0.05) is 15.9 Å². The third-order valence-electron chi connectivity index (χ3n) is 3.35. The van der Waals surface area contributed by atoms with Crippen molar-refractivity contribution in [1.29, 1.82) is 0 Å². The molecule has 0 aromatic heterocycles. The summed E-state index contributed by atoms with van der Waals surface area (Å²) in [6.07, 6.45) is 2.09. The van der Waals surface area contributed by atoms with Crippen molar-refractivity contribution in [3.8, 4) is 0 Å². The maximum absolute atomic E-state index is 11.1. The van der Waals surface area contributed by atoms with Gasteiger partial charge in [-0.3, -0.25) is 4.79 Å². The number of carbonyl (C=O) groups excluding carboxylic acids is 1. The van der Waals surface area contributed by atoms with Gasteiger partial charge in [0, 0.05) is 34.9 Å². The van der Waals surface area contributed by atoms with Crippen molar-refractivity contribution in [2.75, 3.05) is 32.1 Å². The minimum Gasteiger partial charge on any atom is -0.369 e. The smallest absolute Gasteiger partial charge is 0.152 e. The molecule has 4 heteroatoms. The van der Waals surface area contributed by atoms with Crippen LogP contribution in [0, 0.1) is 0 Å². The van der Waals surface area contributed by atoms with E-state index in [2.05, 4.69) is 39.8 Å². The number of likely N-dealkylation sites (N-methyl/N-ethyl adjacent to an activating group) is 1. The Labute approximate surface area is 111 Å². The molecule has 2 rings (SSSR count). The lowest BCUT2D eigenvalue weighted by Gasteiger charge is -2.23. The fraction of sp³-hybridized carbons (Fsp3) is 0.462. The van der Waals surface area contributed by atoms with Crippen LogP contribution >= 0.6 is 15.9 Å². The summed E-state index contributed by atoms with van der Waals surface area (Å²) in [6.45, 7) is 2.01. The minimum atomic E-state index is 0.582. The Balaban J connectivity index is 2.21. The summed E-state index contributed by atoms with van der Waals surface area (Å²) < 4.78 is 0.951. The van der Waals surface area contributed by atoms with E-state index in [0.29, 0.717) is 6.04 Å². The highest BCUT2D eigenvalue weighted by atomic mass is 79.9. The van der Waals surface area contributed by atoms with Crippen LogP contribution in [0.3, 0.4) is 0 Å². The van der Waals surface area contributed by atoms with Crippen molar-refractivity contribution in [3.05, 3.63) is 28.2 Å². The molecule has 0 radical (unpaired) electrons. The zero-order valence-electron chi connectivity index (χ0n) is 10.2. The molecule has 0 aliphatic carbocycles. The predicted molar refractivity (Wildman–Crippen MR) is 73.8 cm³/mol. The van der Waals surface area contributed by atoms with E-state index in [1.165, 1.54) is 0 Å². The molecule has 1 aliphatic heterocycles. The monoisotopic (exact) mass is 296 g/mol. The molecule has 1 aliphatic rings. The van der Waals surface area contributed by atoms with Crippen LogP contribution in [0.25, 0.3) is 0 Å². The van der Waals surface area contributed by atoms with Crippen LogP contribution in [-0.2, 0) is 0 Å². The lowest BCUT2D eigenvalue weighted by atomic mass is 10.2. The zero-order valence-corrected chi connectivity index (χ0v) is 11.8. The second-order valence-corrected chi connectivity index (χ2v) is 5.59. The molecule has 1 fully saturated rings. The highest BCUT2D eigenvalue weighted by Gasteiger charge is 2.25. The van der Waals surface area contributed by atoms with Gasteiger partial charge in [-0.05, 0) is 38.7 Å². The number of benzene rings is 1. The van der Waals surface area contributed by atoms with Crippen molar-refractivity contribution < 1.29 is 4.79 Å². The average molecular weight is 297 g/mol. The zero-order chi connectivity index (χ0) is 12.4. The van der Waals surface area contributed by atoms with Crippen LogP contribution < -0.4 is 4.90 Å². The van der Waals surface area contributed by atoms with Gasteiger partial charge in [-0.25, -0.2) is 0 Å². The minimum absolute atomic E-state index is 0.582. The normalized spacial score (nSPS) is 20.0. The van der Waals surface area contributed by atoms with Gasteiger partial charge in [0.1, 0.15) is 0 Å². The summed E-state index contributed by atoms with van der Waals surface area (Å²) in [5, 5.41) is 0. The van der Waals surface area contributed by atoms with Crippen LogP contribution in [0.2, 0.25) is 0 Å². The number of nitrogens with zero attached hydrogens (tertiary/aromatic N) is 2. The molecule has 17 heavy (non-hydrogen) atoms.